The van der Waals surface area contributed by atoms with Gasteiger partial charge in [-0.2, -0.15) is 0 Å². The number of hydrogen-bond acceptors (Lipinski definition) is 4. The predicted octanol–water partition coefficient (Wildman–Crippen LogP) is 1.46. The number of thiocarbonyl (C=S) groups is 1. The van der Waals surface area contributed by atoms with Gasteiger partial charge in [0.25, 0.3) is 0 Å². The van der Waals surface area contributed by atoms with E-state index in [-0.39, 0.29) is 12.2 Å². The van der Waals surface area contributed by atoms with E-state index in [0.29, 0.717) is 31.2 Å². The Morgan fingerprint density at radius 1 is 1.48 bits per heavy atom. The molecule has 2 amide bonds. The maximum absolute atomic E-state index is 12.1. The summed E-state index contributed by atoms with van der Waals surface area (Å²) >= 11 is 4.97. The Labute approximate surface area is 140 Å². The van der Waals surface area contributed by atoms with Crippen molar-refractivity contribution in [2.45, 2.75) is 26.0 Å². The average molecular weight is 333 g/mol. The number of ether oxygens (including phenoxy) is 1. The molecule has 0 radical (unpaired) electrons. The number of carbonyl (C=O) groups is 2. The van der Waals surface area contributed by atoms with Crippen molar-refractivity contribution in [2.75, 3.05) is 24.5 Å². The van der Waals surface area contributed by atoms with E-state index in [1.54, 1.807) is 16.7 Å². The van der Waals surface area contributed by atoms with Gasteiger partial charge in [-0.15, -0.1) is 0 Å². The Bertz CT molecular complexity index is 649. The number of fused-ring (bicyclic) bond motifs is 1. The Morgan fingerprint density at radius 2 is 2.30 bits per heavy atom. The lowest BCUT2D eigenvalue weighted by Crippen LogP contribution is -2.33. The van der Waals surface area contributed by atoms with Crippen molar-refractivity contribution in [2.24, 2.45) is 0 Å². The van der Waals surface area contributed by atoms with E-state index in [0.717, 1.165) is 24.1 Å². The van der Waals surface area contributed by atoms with Gasteiger partial charge in [0.2, 0.25) is 6.41 Å². The van der Waals surface area contributed by atoms with E-state index < -0.39 is 0 Å². The topological polar surface area (TPSA) is 61.9 Å². The van der Waals surface area contributed by atoms with Gasteiger partial charge in [0.1, 0.15) is 6.10 Å². The van der Waals surface area contributed by atoms with Crippen LogP contribution in [0.15, 0.2) is 18.2 Å². The third-order valence-corrected chi connectivity index (χ3v) is 4.29. The number of nitrogens with one attached hydrogen (secondary N) is 1. The monoisotopic (exact) mass is 333 g/mol. The molecule has 6 nitrogen and oxygen atoms in total. The summed E-state index contributed by atoms with van der Waals surface area (Å²) in [7, 11) is 0. The molecule has 1 aromatic rings. The quantitative estimate of drug-likeness (QED) is 0.668. The molecule has 2 aliphatic heterocycles. The summed E-state index contributed by atoms with van der Waals surface area (Å²) in [5.74, 6) is 0. The lowest BCUT2D eigenvalue weighted by molar-refractivity contribution is -0.118. The predicted molar refractivity (Wildman–Crippen MR) is 90.5 cm³/mol. The zero-order chi connectivity index (χ0) is 16.4. The van der Waals surface area contributed by atoms with Crippen molar-refractivity contribution in [1.29, 1.82) is 0 Å². The Kier molecular flexibility index (Phi) is 4.47. The smallest absolute Gasteiger partial charge is 0.414 e. The molecule has 0 bridgehead atoms. The molecule has 0 aliphatic carbocycles. The minimum atomic E-state index is -0.330. The Balaban J connectivity index is 1.71. The van der Waals surface area contributed by atoms with Gasteiger partial charge in [-0.3, -0.25) is 9.69 Å². The summed E-state index contributed by atoms with van der Waals surface area (Å²) in [5.41, 5.74) is 3.16. The van der Waals surface area contributed by atoms with Gasteiger partial charge >= 0.3 is 6.09 Å². The zero-order valence-electron chi connectivity index (χ0n) is 12.9. The van der Waals surface area contributed by atoms with Crippen molar-refractivity contribution >= 4 is 35.4 Å². The summed E-state index contributed by atoms with van der Waals surface area (Å²) in [6.07, 6.45) is 1.15. The maximum atomic E-state index is 12.1. The second-order valence-electron chi connectivity index (χ2n) is 5.83. The molecular formula is C16H19N3O3S. The van der Waals surface area contributed by atoms with Gasteiger partial charge in [0, 0.05) is 18.8 Å². The van der Waals surface area contributed by atoms with E-state index in [4.69, 9.17) is 17.0 Å². The number of nitrogens with zero attached hydrogens (tertiary/aromatic N) is 2. The summed E-state index contributed by atoms with van der Waals surface area (Å²) in [6, 6.07) is 5.92. The van der Waals surface area contributed by atoms with Crippen LogP contribution in [-0.4, -0.2) is 48.1 Å². The molecule has 1 unspecified atom stereocenters. The lowest BCUT2D eigenvalue weighted by atomic mass is 9.99. The van der Waals surface area contributed by atoms with Crippen molar-refractivity contribution in [3.8, 4) is 0 Å². The molecule has 122 valence electrons. The molecule has 0 aromatic heterocycles. The molecule has 2 heterocycles. The molecule has 3 rings (SSSR count). The van der Waals surface area contributed by atoms with Crippen LogP contribution in [0.4, 0.5) is 10.5 Å². The summed E-state index contributed by atoms with van der Waals surface area (Å²) in [5, 5.41) is 3.03. The van der Waals surface area contributed by atoms with Crippen molar-refractivity contribution in [3.05, 3.63) is 29.3 Å². The normalized spacial score (nSPS) is 20.0. The van der Waals surface area contributed by atoms with Crippen LogP contribution in [0.25, 0.3) is 0 Å². The number of hydrogen-bond donors (Lipinski definition) is 1. The Morgan fingerprint density at radius 3 is 3.04 bits per heavy atom. The number of rotatable bonds is 4. The number of benzene rings is 1. The molecular weight excluding hydrogens is 314 g/mol. The molecule has 1 N–H and O–H groups in total. The highest BCUT2D eigenvalue weighted by Gasteiger charge is 2.32. The first kappa shape index (κ1) is 15.7. The van der Waals surface area contributed by atoms with E-state index in [2.05, 4.69) is 5.32 Å². The lowest BCUT2D eigenvalue weighted by Gasteiger charge is -2.26. The first-order chi connectivity index (χ1) is 11.1. The van der Waals surface area contributed by atoms with E-state index in [1.807, 2.05) is 18.2 Å². The first-order valence-electron chi connectivity index (χ1n) is 7.60. The third-order valence-electron chi connectivity index (χ3n) is 4.15. The van der Waals surface area contributed by atoms with E-state index >= 15 is 0 Å². The third kappa shape index (κ3) is 3.44. The fourth-order valence-corrected chi connectivity index (χ4v) is 3.00. The largest absolute Gasteiger partial charge is 0.442 e. The van der Waals surface area contributed by atoms with E-state index in [9.17, 15) is 9.59 Å². The minimum absolute atomic E-state index is 0.206. The molecule has 2 aliphatic rings. The van der Waals surface area contributed by atoms with Gasteiger partial charge in [0.05, 0.1) is 18.1 Å². The SMILES string of the molecule is CC(=S)NCC1CN(c2ccc3c(c2)CCN(C=O)C3)C(=O)O1. The van der Waals surface area contributed by atoms with Crippen LogP contribution in [-0.2, 0) is 22.5 Å². The number of anilines is 1. The Hall–Kier alpha value is -2.15. The first-order valence-corrected chi connectivity index (χ1v) is 8.01. The molecule has 0 spiro atoms. The second kappa shape index (κ2) is 6.54. The van der Waals surface area contributed by atoms with Gasteiger partial charge in [-0.1, -0.05) is 18.3 Å². The van der Waals surface area contributed by atoms with Crippen LogP contribution in [0.3, 0.4) is 0 Å². The van der Waals surface area contributed by atoms with Crippen LogP contribution < -0.4 is 10.2 Å². The highest BCUT2D eigenvalue weighted by Crippen LogP contribution is 2.27. The van der Waals surface area contributed by atoms with Crippen LogP contribution in [0.1, 0.15) is 18.1 Å². The maximum Gasteiger partial charge on any atom is 0.414 e. The summed E-state index contributed by atoms with van der Waals surface area (Å²) < 4.78 is 5.37. The average Bonchev–Trinajstić information content (AvgIpc) is 2.93. The minimum Gasteiger partial charge on any atom is -0.442 e. The molecule has 0 saturated carbocycles. The van der Waals surface area contributed by atoms with E-state index in [1.165, 1.54) is 5.56 Å². The molecule has 1 aromatic carbocycles. The van der Waals surface area contributed by atoms with Crippen LogP contribution in [0.2, 0.25) is 0 Å². The van der Waals surface area contributed by atoms with Crippen LogP contribution in [0.5, 0.6) is 0 Å². The van der Waals surface area contributed by atoms with Crippen LogP contribution in [0, 0.1) is 0 Å². The summed E-state index contributed by atoms with van der Waals surface area (Å²) in [4.78, 5) is 27.1. The highest BCUT2D eigenvalue weighted by molar-refractivity contribution is 7.80. The molecule has 1 saturated heterocycles. The van der Waals surface area contributed by atoms with Crippen molar-refractivity contribution in [3.63, 3.8) is 0 Å². The zero-order valence-corrected chi connectivity index (χ0v) is 13.8. The summed E-state index contributed by atoms with van der Waals surface area (Å²) in [6.45, 7) is 4.18. The fourth-order valence-electron chi connectivity index (χ4n) is 2.92. The van der Waals surface area contributed by atoms with Crippen LogP contribution >= 0.6 is 12.2 Å². The number of amides is 2. The molecule has 1 fully saturated rings. The molecule has 1 atom stereocenters. The number of cyclic esters (lactones) is 1. The van der Waals surface area contributed by atoms with Gasteiger partial charge < -0.3 is 15.0 Å². The molecule has 23 heavy (non-hydrogen) atoms. The standard InChI is InChI=1S/C16H19N3O3S/c1-11(23)17-7-15-9-19(16(21)22-15)14-3-2-13-8-18(10-20)5-4-12(13)6-14/h2-3,6,10,15H,4-5,7-9H2,1H3,(H,17,23). The molecule has 7 heteroatoms. The fraction of sp³-hybridized carbons (Fsp3) is 0.438. The van der Waals surface area contributed by atoms with Gasteiger partial charge in [-0.05, 0) is 36.6 Å². The number of carbonyl (C=O) groups excluding carboxylic acids is 2. The van der Waals surface area contributed by atoms with Crippen molar-refractivity contribution < 1.29 is 14.3 Å². The van der Waals surface area contributed by atoms with Gasteiger partial charge in [0.15, 0.2) is 0 Å². The van der Waals surface area contributed by atoms with Gasteiger partial charge in [-0.25, -0.2) is 4.79 Å². The second-order valence-corrected chi connectivity index (χ2v) is 6.44. The van der Waals surface area contributed by atoms with Crippen molar-refractivity contribution in [1.82, 2.24) is 10.2 Å². The highest BCUT2D eigenvalue weighted by atomic mass is 32.1.